The first-order chi connectivity index (χ1) is 7.92. The van der Waals surface area contributed by atoms with E-state index < -0.39 is 15.8 Å². The highest BCUT2D eigenvalue weighted by Gasteiger charge is 2.14. The summed E-state index contributed by atoms with van der Waals surface area (Å²) in [6.45, 7) is 0. The number of benzene rings is 1. The predicted molar refractivity (Wildman–Crippen MR) is 67.7 cm³/mol. The SMILES string of the molecule is O=C(O)CCCCS(=O)(=O)c1cccc(Br)c1. The van der Waals surface area contributed by atoms with E-state index in [1.165, 1.54) is 6.07 Å². The molecule has 0 atom stereocenters. The minimum atomic E-state index is -3.30. The van der Waals surface area contributed by atoms with E-state index in [-0.39, 0.29) is 17.1 Å². The number of unbranched alkanes of at least 4 members (excludes halogenated alkanes) is 1. The van der Waals surface area contributed by atoms with Gasteiger partial charge in [-0.05, 0) is 31.0 Å². The van der Waals surface area contributed by atoms with Gasteiger partial charge in [-0.3, -0.25) is 4.79 Å². The fraction of sp³-hybridized carbons (Fsp3) is 0.364. The molecule has 1 aromatic rings. The predicted octanol–water partition coefficient (Wildman–Crippen LogP) is 2.48. The number of aliphatic carboxylic acids is 1. The number of carbonyl (C=O) groups is 1. The van der Waals surface area contributed by atoms with Crippen molar-refractivity contribution in [3.63, 3.8) is 0 Å². The Bertz CT molecular complexity index is 496. The molecule has 0 aromatic heterocycles. The Labute approximate surface area is 109 Å². The van der Waals surface area contributed by atoms with Gasteiger partial charge in [-0.25, -0.2) is 8.42 Å². The van der Waals surface area contributed by atoms with Crippen LogP contribution in [0.25, 0.3) is 0 Å². The molecule has 0 aliphatic rings. The Morgan fingerprint density at radius 1 is 1.29 bits per heavy atom. The molecule has 0 radical (unpaired) electrons. The third-order valence-electron chi connectivity index (χ3n) is 2.21. The van der Waals surface area contributed by atoms with E-state index in [2.05, 4.69) is 15.9 Å². The monoisotopic (exact) mass is 320 g/mol. The van der Waals surface area contributed by atoms with Gasteiger partial charge in [0.2, 0.25) is 0 Å². The molecular weight excluding hydrogens is 308 g/mol. The molecule has 0 aliphatic carbocycles. The number of sulfone groups is 1. The minimum Gasteiger partial charge on any atom is -0.481 e. The minimum absolute atomic E-state index is 0.00794. The molecule has 4 nitrogen and oxygen atoms in total. The Kier molecular flexibility index (Phi) is 5.14. The summed E-state index contributed by atoms with van der Waals surface area (Å²) in [7, 11) is -3.30. The van der Waals surface area contributed by atoms with Crippen molar-refractivity contribution in [2.75, 3.05) is 5.75 Å². The summed E-state index contributed by atoms with van der Waals surface area (Å²) in [5.74, 6) is -0.915. The van der Waals surface area contributed by atoms with Crippen LogP contribution in [0.3, 0.4) is 0 Å². The zero-order valence-corrected chi connectivity index (χ0v) is 11.5. The summed E-state index contributed by atoms with van der Waals surface area (Å²) in [6.07, 6.45) is 0.748. The van der Waals surface area contributed by atoms with Crippen LogP contribution in [0.2, 0.25) is 0 Å². The van der Waals surface area contributed by atoms with E-state index in [1.807, 2.05) is 0 Å². The average Bonchev–Trinajstić information content (AvgIpc) is 2.24. The summed E-state index contributed by atoms with van der Waals surface area (Å²) in [5.41, 5.74) is 0. The van der Waals surface area contributed by atoms with E-state index in [0.717, 1.165) is 0 Å². The third-order valence-corrected chi connectivity index (χ3v) is 4.50. The molecule has 0 aliphatic heterocycles. The van der Waals surface area contributed by atoms with Gasteiger partial charge in [0.15, 0.2) is 9.84 Å². The van der Waals surface area contributed by atoms with Crippen molar-refractivity contribution in [3.05, 3.63) is 28.7 Å². The van der Waals surface area contributed by atoms with Gasteiger partial charge in [0, 0.05) is 10.9 Å². The normalized spacial score (nSPS) is 11.4. The van der Waals surface area contributed by atoms with Gasteiger partial charge >= 0.3 is 5.97 Å². The molecule has 1 aromatic carbocycles. The molecule has 1 rings (SSSR count). The molecule has 0 saturated carbocycles. The molecule has 0 unspecified atom stereocenters. The van der Waals surface area contributed by atoms with Crippen LogP contribution in [-0.2, 0) is 14.6 Å². The second-order valence-corrected chi connectivity index (χ2v) is 6.65. The van der Waals surface area contributed by atoms with E-state index in [4.69, 9.17) is 5.11 Å². The van der Waals surface area contributed by atoms with Gasteiger partial charge < -0.3 is 5.11 Å². The van der Waals surface area contributed by atoms with Crippen LogP contribution in [-0.4, -0.2) is 25.2 Å². The standard InChI is InChI=1S/C11H13BrO4S/c12-9-4-3-5-10(8-9)17(15,16)7-2-1-6-11(13)14/h3-5,8H,1-2,6-7H2,(H,13,14). The van der Waals surface area contributed by atoms with Crippen LogP contribution >= 0.6 is 15.9 Å². The van der Waals surface area contributed by atoms with Gasteiger partial charge in [0.1, 0.15) is 0 Å². The molecule has 1 N–H and O–H groups in total. The Morgan fingerprint density at radius 2 is 2.00 bits per heavy atom. The second kappa shape index (κ2) is 6.16. The Morgan fingerprint density at radius 3 is 2.59 bits per heavy atom. The molecule has 17 heavy (non-hydrogen) atoms. The zero-order valence-electron chi connectivity index (χ0n) is 9.10. The first kappa shape index (κ1) is 14.2. The van der Waals surface area contributed by atoms with Crippen molar-refractivity contribution >= 4 is 31.7 Å². The maximum absolute atomic E-state index is 11.9. The van der Waals surface area contributed by atoms with Crippen LogP contribution in [0.4, 0.5) is 0 Å². The molecule has 0 heterocycles. The topological polar surface area (TPSA) is 71.4 Å². The summed E-state index contributed by atoms with van der Waals surface area (Å²) in [4.78, 5) is 10.5. The maximum atomic E-state index is 11.9. The molecule has 0 fully saturated rings. The molecule has 0 bridgehead atoms. The van der Waals surface area contributed by atoms with Gasteiger partial charge in [-0.2, -0.15) is 0 Å². The maximum Gasteiger partial charge on any atom is 0.303 e. The van der Waals surface area contributed by atoms with Gasteiger partial charge in [-0.15, -0.1) is 0 Å². The highest BCUT2D eigenvalue weighted by molar-refractivity contribution is 9.10. The number of carboxylic acid groups (broad SMARTS) is 1. The van der Waals surface area contributed by atoms with Crippen LogP contribution in [0.1, 0.15) is 19.3 Å². The van der Waals surface area contributed by atoms with Crippen molar-refractivity contribution < 1.29 is 18.3 Å². The highest BCUT2D eigenvalue weighted by Crippen LogP contribution is 2.18. The Hall–Kier alpha value is -0.880. The molecule has 94 valence electrons. The summed E-state index contributed by atoms with van der Waals surface area (Å²) in [5, 5.41) is 8.44. The molecular formula is C11H13BrO4S. The summed E-state index contributed by atoms with van der Waals surface area (Å²) >= 11 is 3.21. The van der Waals surface area contributed by atoms with Gasteiger partial charge in [-0.1, -0.05) is 22.0 Å². The number of hydrogen-bond donors (Lipinski definition) is 1. The van der Waals surface area contributed by atoms with Crippen LogP contribution in [0.5, 0.6) is 0 Å². The van der Waals surface area contributed by atoms with Crippen LogP contribution in [0.15, 0.2) is 33.6 Å². The van der Waals surface area contributed by atoms with Crippen LogP contribution in [0, 0.1) is 0 Å². The van der Waals surface area contributed by atoms with E-state index in [1.54, 1.807) is 18.2 Å². The van der Waals surface area contributed by atoms with Gasteiger partial charge in [0.25, 0.3) is 0 Å². The average molecular weight is 321 g/mol. The van der Waals surface area contributed by atoms with E-state index >= 15 is 0 Å². The van der Waals surface area contributed by atoms with Crippen LogP contribution < -0.4 is 0 Å². The largest absolute Gasteiger partial charge is 0.481 e. The zero-order chi connectivity index (χ0) is 12.9. The van der Waals surface area contributed by atoms with Crippen molar-refractivity contribution in [2.45, 2.75) is 24.2 Å². The van der Waals surface area contributed by atoms with Crippen molar-refractivity contribution in [1.29, 1.82) is 0 Å². The fourth-order valence-electron chi connectivity index (χ4n) is 1.35. The lowest BCUT2D eigenvalue weighted by atomic mass is 10.2. The molecule has 0 amide bonds. The van der Waals surface area contributed by atoms with Crippen molar-refractivity contribution in [1.82, 2.24) is 0 Å². The quantitative estimate of drug-likeness (QED) is 0.817. The second-order valence-electron chi connectivity index (χ2n) is 3.63. The number of carboxylic acids is 1. The van der Waals surface area contributed by atoms with E-state index in [0.29, 0.717) is 17.3 Å². The molecule has 6 heteroatoms. The molecule has 0 saturated heterocycles. The van der Waals surface area contributed by atoms with Gasteiger partial charge in [0.05, 0.1) is 10.6 Å². The first-order valence-electron chi connectivity index (χ1n) is 5.12. The summed E-state index contributed by atoms with van der Waals surface area (Å²) in [6, 6.07) is 6.50. The van der Waals surface area contributed by atoms with Crippen molar-refractivity contribution in [3.8, 4) is 0 Å². The number of hydrogen-bond acceptors (Lipinski definition) is 3. The lowest BCUT2D eigenvalue weighted by Crippen LogP contribution is -2.07. The van der Waals surface area contributed by atoms with E-state index in [9.17, 15) is 13.2 Å². The lowest BCUT2D eigenvalue weighted by molar-refractivity contribution is -0.137. The number of rotatable bonds is 6. The highest BCUT2D eigenvalue weighted by atomic mass is 79.9. The summed E-state index contributed by atoms with van der Waals surface area (Å²) < 4.78 is 24.4. The van der Waals surface area contributed by atoms with Crippen molar-refractivity contribution in [2.24, 2.45) is 0 Å². The number of halogens is 1. The smallest absolute Gasteiger partial charge is 0.303 e. The third kappa shape index (κ3) is 4.87. The first-order valence-corrected chi connectivity index (χ1v) is 7.56. The fourth-order valence-corrected chi connectivity index (χ4v) is 3.31. The lowest BCUT2D eigenvalue weighted by Gasteiger charge is -2.04. The molecule has 0 spiro atoms. The Balaban J connectivity index is 2.60.